The zero-order valence-corrected chi connectivity index (χ0v) is 10.9. The van der Waals surface area contributed by atoms with Crippen LogP contribution in [0.2, 0.25) is 0 Å². The molecule has 1 rings (SSSR count). The molecule has 94 valence electrons. The Hall–Kier alpha value is -1.35. The van der Waals surface area contributed by atoms with Crippen molar-refractivity contribution in [1.82, 2.24) is 4.90 Å². The summed E-state index contributed by atoms with van der Waals surface area (Å²) in [4.78, 5) is 13.6. The predicted octanol–water partition coefficient (Wildman–Crippen LogP) is 1.59. The van der Waals surface area contributed by atoms with Crippen molar-refractivity contribution in [1.29, 1.82) is 0 Å². The molecular weight excluding hydrogens is 212 g/mol. The van der Waals surface area contributed by atoms with Crippen molar-refractivity contribution in [3.05, 3.63) is 35.4 Å². The Morgan fingerprint density at radius 3 is 2.65 bits per heavy atom. The molecule has 1 aromatic carbocycles. The van der Waals surface area contributed by atoms with E-state index >= 15 is 0 Å². The Bertz CT molecular complexity index is 376. The van der Waals surface area contributed by atoms with Gasteiger partial charge in [0.1, 0.15) is 0 Å². The molecule has 0 saturated heterocycles. The number of amides is 1. The number of carbonyl (C=O) groups excluding carboxylic acids is 1. The van der Waals surface area contributed by atoms with Crippen molar-refractivity contribution < 1.29 is 4.79 Å². The van der Waals surface area contributed by atoms with E-state index < -0.39 is 0 Å². The lowest BCUT2D eigenvalue weighted by atomic mass is 10.1. The van der Waals surface area contributed by atoms with E-state index in [1.165, 1.54) is 11.1 Å². The second-order valence-electron chi connectivity index (χ2n) is 4.57. The molecule has 2 N–H and O–H groups in total. The summed E-state index contributed by atoms with van der Waals surface area (Å²) in [5.41, 5.74) is 8.07. The number of nitrogens with zero attached hydrogens (tertiary/aromatic N) is 1. The third-order valence-corrected chi connectivity index (χ3v) is 3.13. The fraction of sp³-hybridized carbons (Fsp3) is 0.500. The molecule has 3 heteroatoms. The third kappa shape index (κ3) is 3.86. The first-order chi connectivity index (χ1) is 8.06. The minimum absolute atomic E-state index is 0.0862. The molecule has 3 nitrogen and oxygen atoms in total. The number of benzene rings is 1. The molecule has 0 bridgehead atoms. The van der Waals surface area contributed by atoms with E-state index in [2.05, 4.69) is 19.1 Å². The second-order valence-corrected chi connectivity index (χ2v) is 4.57. The highest BCUT2D eigenvalue weighted by Gasteiger charge is 2.15. The van der Waals surface area contributed by atoms with Crippen molar-refractivity contribution in [3.63, 3.8) is 0 Å². The minimum atomic E-state index is -0.0862. The van der Waals surface area contributed by atoms with Crippen molar-refractivity contribution >= 4 is 5.91 Å². The third-order valence-electron chi connectivity index (χ3n) is 3.13. The molecule has 0 spiro atoms. The SMILES string of the molecule is Cc1ccccc1CCN(C)C(=O)C(C)CN. The Labute approximate surface area is 104 Å². The summed E-state index contributed by atoms with van der Waals surface area (Å²) in [5, 5.41) is 0. The van der Waals surface area contributed by atoms with Crippen LogP contribution in [-0.2, 0) is 11.2 Å². The molecule has 17 heavy (non-hydrogen) atoms. The Morgan fingerprint density at radius 1 is 1.41 bits per heavy atom. The van der Waals surface area contributed by atoms with Gasteiger partial charge in [-0.1, -0.05) is 31.2 Å². The van der Waals surface area contributed by atoms with Crippen molar-refractivity contribution in [2.24, 2.45) is 11.7 Å². The van der Waals surface area contributed by atoms with E-state index in [9.17, 15) is 4.79 Å². The van der Waals surface area contributed by atoms with Crippen LogP contribution in [0, 0.1) is 12.8 Å². The van der Waals surface area contributed by atoms with Crippen LogP contribution in [0.4, 0.5) is 0 Å². The lowest BCUT2D eigenvalue weighted by molar-refractivity contribution is -0.133. The van der Waals surface area contributed by atoms with Crippen molar-refractivity contribution in [2.75, 3.05) is 20.1 Å². The molecule has 1 aromatic rings. The summed E-state index contributed by atoms with van der Waals surface area (Å²) < 4.78 is 0. The lowest BCUT2D eigenvalue weighted by Crippen LogP contribution is -2.36. The highest BCUT2D eigenvalue weighted by atomic mass is 16.2. The first-order valence-electron chi connectivity index (χ1n) is 6.05. The van der Waals surface area contributed by atoms with Gasteiger partial charge in [-0.2, -0.15) is 0 Å². The molecule has 0 heterocycles. The van der Waals surface area contributed by atoms with Crippen LogP contribution >= 0.6 is 0 Å². The summed E-state index contributed by atoms with van der Waals surface area (Å²) in [6.45, 7) is 5.12. The smallest absolute Gasteiger partial charge is 0.226 e. The van der Waals surface area contributed by atoms with Gasteiger partial charge in [-0.15, -0.1) is 0 Å². The van der Waals surface area contributed by atoms with Gasteiger partial charge in [-0.05, 0) is 24.5 Å². The first kappa shape index (κ1) is 13.7. The summed E-state index contributed by atoms with van der Waals surface area (Å²) in [5.74, 6) is 0.0398. The molecule has 0 aliphatic heterocycles. The molecule has 0 aliphatic rings. The number of hydrogen-bond donors (Lipinski definition) is 1. The molecule has 0 aromatic heterocycles. The number of carbonyl (C=O) groups is 1. The van der Waals surface area contributed by atoms with Gasteiger partial charge in [-0.3, -0.25) is 4.79 Å². The second kappa shape index (κ2) is 6.40. The maximum atomic E-state index is 11.8. The molecule has 0 radical (unpaired) electrons. The summed E-state index contributed by atoms with van der Waals surface area (Å²) in [6, 6.07) is 8.27. The molecule has 0 fully saturated rings. The predicted molar refractivity (Wildman–Crippen MR) is 70.7 cm³/mol. The normalized spacial score (nSPS) is 12.2. The van der Waals surface area contributed by atoms with Gasteiger partial charge in [0.25, 0.3) is 0 Å². The van der Waals surface area contributed by atoms with Crippen LogP contribution in [0.5, 0.6) is 0 Å². The van der Waals surface area contributed by atoms with Gasteiger partial charge in [-0.25, -0.2) is 0 Å². The van der Waals surface area contributed by atoms with Gasteiger partial charge >= 0.3 is 0 Å². The number of rotatable bonds is 5. The molecule has 0 aliphatic carbocycles. The topological polar surface area (TPSA) is 46.3 Å². The number of likely N-dealkylation sites (N-methyl/N-ethyl adjacent to an activating group) is 1. The Morgan fingerprint density at radius 2 is 2.06 bits per heavy atom. The number of hydrogen-bond acceptors (Lipinski definition) is 2. The van der Waals surface area contributed by atoms with Gasteiger partial charge in [0.2, 0.25) is 5.91 Å². The van der Waals surface area contributed by atoms with Crippen LogP contribution in [0.3, 0.4) is 0 Å². The van der Waals surface area contributed by atoms with E-state index in [0.717, 1.165) is 13.0 Å². The van der Waals surface area contributed by atoms with Crippen LogP contribution in [-0.4, -0.2) is 30.9 Å². The zero-order valence-electron chi connectivity index (χ0n) is 10.9. The first-order valence-corrected chi connectivity index (χ1v) is 6.05. The van der Waals surface area contributed by atoms with Crippen LogP contribution < -0.4 is 5.73 Å². The fourth-order valence-corrected chi connectivity index (χ4v) is 1.77. The van der Waals surface area contributed by atoms with Gasteiger partial charge in [0.15, 0.2) is 0 Å². The lowest BCUT2D eigenvalue weighted by Gasteiger charge is -2.21. The maximum absolute atomic E-state index is 11.8. The van der Waals surface area contributed by atoms with Crippen molar-refractivity contribution in [2.45, 2.75) is 20.3 Å². The zero-order chi connectivity index (χ0) is 12.8. The largest absolute Gasteiger partial charge is 0.345 e. The summed E-state index contributed by atoms with van der Waals surface area (Å²) in [7, 11) is 1.84. The number of aryl methyl sites for hydroxylation is 1. The molecule has 0 saturated carbocycles. The van der Waals surface area contributed by atoms with E-state index in [1.54, 1.807) is 4.90 Å². The van der Waals surface area contributed by atoms with Gasteiger partial charge in [0, 0.05) is 26.1 Å². The van der Waals surface area contributed by atoms with Crippen LogP contribution in [0.15, 0.2) is 24.3 Å². The highest BCUT2D eigenvalue weighted by Crippen LogP contribution is 2.09. The van der Waals surface area contributed by atoms with E-state index in [1.807, 2.05) is 26.1 Å². The van der Waals surface area contributed by atoms with Gasteiger partial charge in [0.05, 0.1) is 0 Å². The molecule has 1 amide bonds. The maximum Gasteiger partial charge on any atom is 0.226 e. The van der Waals surface area contributed by atoms with E-state index in [4.69, 9.17) is 5.73 Å². The number of nitrogens with two attached hydrogens (primary N) is 1. The fourth-order valence-electron chi connectivity index (χ4n) is 1.77. The Kier molecular flexibility index (Phi) is 5.16. The van der Waals surface area contributed by atoms with E-state index in [0.29, 0.717) is 6.54 Å². The molecule has 1 unspecified atom stereocenters. The molecular formula is C14H22N2O. The Balaban J connectivity index is 2.51. The summed E-state index contributed by atoms with van der Waals surface area (Å²) in [6.07, 6.45) is 0.895. The van der Waals surface area contributed by atoms with Gasteiger partial charge < -0.3 is 10.6 Å². The minimum Gasteiger partial charge on any atom is -0.345 e. The molecule has 1 atom stereocenters. The van der Waals surface area contributed by atoms with E-state index in [-0.39, 0.29) is 11.8 Å². The summed E-state index contributed by atoms with van der Waals surface area (Å²) >= 11 is 0. The standard InChI is InChI=1S/C14H22N2O/c1-11-6-4-5-7-13(11)8-9-16(3)14(17)12(2)10-15/h4-7,12H,8-10,15H2,1-3H3. The van der Waals surface area contributed by atoms with Crippen LogP contribution in [0.1, 0.15) is 18.1 Å². The van der Waals surface area contributed by atoms with Crippen molar-refractivity contribution in [3.8, 4) is 0 Å². The van der Waals surface area contributed by atoms with Crippen LogP contribution in [0.25, 0.3) is 0 Å². The quantitative estimate of drug-likeness (QED) is 0.841. The average molecular weight is 234 g/mol. The monoisotopic (exact) mass is 234 g/mol. The highest BCUT2D eigenvalue weighted by molar-refractivity contribution is 5.78. The average Bonchev–Trinajstić information content (AvgIpc) is 2.35.